The number of aromatic nitrogens is 2. The number of alkyl halides is 3. The fourth-order valence-electron chi connectivity index (χ4n) is 3.98. The lowest BCUT2D eigenvalue weighted by Crippen LogP contribution is -2.15. The minimum atomic E-state index is -4.54. The molecule has 38 heavy (non-hydrogen) atoms. The Morgan fingerprint density at radius 2 is 1.61 bits per heavy atom. The van der Waals surface area contributed by atoms with Gasteiger partial charge in [0, 0.05) is 18.8 Å². The standard InChI is InChI=1S/C25H25F3N8S2/c1-15-13-17(29-21-9-10-22(37-21)36-11-3-4-12-36)5-7-19(15)31-30-18-6-8-20(16(2)14-18)32-34-24-35-33-23(38-24)25(26,27)28/h5-10,13-14,29-31H,3-4,11-12H2,1-2H3. The van der Waals surface area contributed by atoms with E-state index in [1.165, 1.54) is 17.8 Å². The molecule has 1 fully saturated rings. The molecule has 2 aromatic heterocycles. The fourth-order valence-corrected chi connectivity index (χ4v) is 5.49. The molecule has 0 aliphatic carbocycles. The van der Waals surface area contributed by atoms with E-state index in [4.69, 9.17) is 0 Å². The van der Waals surface area contributed by atoms with Crippen molar-refractivity contribution in [1.82, 2.24) is 10.2 Å². The maximum Gasteiger partial charge on any atom is 0.445 e. The minimum Gasteiger partial charge on any atom is -0.363 e. The number of aryl methyl sites for hydroxylation is 2. The molecule has 5 rings (SSSR count). The molecular weight excluding hydrogens is 533 g/mol. The summed E-state index contributed by atoms with van der Waals surface area (Å²) in [7, 11) is 0. The number of thiophene rings is 1. The zero-order chi connectivity index (χ0) is 26.7. The van der Waals surface area contributed by atoms with E-state index in [0.717, 1.165) is 46.3 Å². The van der Waals surface area contributed by atoms with Crippen molar-refractivity contribution in [3.63, 3.8) is 0 Å². The molecule has 0 bridgehead atoms. The summed E-state index contributed by atoms with van der Waals surface area (Å²) in [6.07, 6.45) is -2.02. The van der Waals surface area contributed by atoms with Crippen LogP contribution in [0.25, 0.3) is 0 Å². The number of nitrogens with one attached hydrogen (secondary N) is 3. The number of azo groups is 1. The quantitative estimate of drug-likeness (QED) is 0.149. The molecule has 0 amide bonds. The van der Waals surface area contributed by atoms with Gasteiger partial charge in [-0.25, -0.2) is 0 Å². The minimum absolute atomic E-state index is 0.153. The first-order chi connectivity index (χ1) is 18.2. The maximum absolute atomic E-state index is 12.7. The number of benzene rings is 2. The van der Waals surface area contributed by atoms with E-state index >= 15 is 0 Å². The van der Waals surface area contributed by atoms with Crippen molar-refractivity contribution in [1.29, 1.82) is 0 Å². The Morgan fingerprint density at radius 1 is 0.842 bits per heavy atom. The van der Waals surface area contributed by atoms with Gasteiger partial charge in [0.05, 0.1) is 27.1 Å². The zero-order valence-electron chi connectivity index (χ0n) is 20.6. The van der Waals surface area contributed by atoms with E-state index in [1.54, 1.807) is 23.5 Å². The second kappa shape index (κ2) is 11.0. The van der Waals surface area contributed by atoms with Crippen LogP contribution in [-0.2, 0) is 6.18 Å². The zero-order valence-corrected chi connectivity index (χ0v) is 22.3. The molecule has 3 heterocycles. The molecule has 13 heteroatoms. The van der Waals surface area contributed by atoms with Crippen molar-refractivity contribution in [3.8, 4) is 0 Å². The summed E-state index contributed by atoms with van der Waals surface area (Å²) in [5.74, 6) is 0. The molecule has 8 nitrogen and oxygen atoms in total. The Morgan fingerprint density at radius 3 is 2.32 bits per heavy atom. The Hall–Kier alpha value is -3.71. The molecule has 198 valence electrons. The molecule has 1 aliphatic rings. The molecule has 0 radical (unpaired) electrons. The third kappa shape index (κ3) is 6.22. The predicted molar refractivity (Wildman–Crippen MR) is 148 cm³/mol. The summed E-state index contributed by atoms with van der Waals surface area (Å²) in [4.78, 5) is 2.43. The van der Waals surface area contributed by atoms with E-state index in [2.05, 4.69) is 59.7 Å². The van der Waals surface area contributed by atoms with Crippen LogP contribution in [0.1, 0.15) is 29.0 Å². The average Bonchev–Trinajstić information content (AvgIpc) is 3.64. The van der Waals surface area contributed by atoms with Gasteiger partial charge in [0.1, 0.15) is 0 Å². The van der Waals surface area contributed by atoms with Crippen molar-refractivity contribution < 1.29 is 13.2 Å². The molecular formula is C25H25F3N8S2. The second-order valence-corrected chi connectivity index (χ2v) is 10.8. The van der Waals surface area contributed by atoms with Crippen molar-refractivity contribution in [3.05, 3.63) is 64.7 Å². The van der Waals surface area contributed by atoms with Crippen molar-refractivity contribution in [2.24, 2.45) is 10.2 Å². The van der Waals surface area contributed by atoms with Gasteiger partial charge in [-0.05, 0) is 86.3 Å². The monoisotopic (exact) mass is 558 g/mol. The molecule has 0 spiro atoms. The number of hydrogen-bond donors (Lipinski definition) is 3. The molecule has 1 saturated heterocycles. The van der Waals surface area contributed by atoms with Crippen LogP contribution in [0.4, 0.5) is 51.1 Å². The lowest BCUT2D eigenvalue weighted by molar-refractivity contribution is -0.138. The van der Waals surface area contributed by atoms with Gasteiger partial charge >= 0.3 is 6.18 Å². The lowest BCUT2D eigenvalue weighted by atomic mass is 10.2. The summed E-state index contributed by atoms with van der Waals surface area (Å²) in [6.45, 7) is 6.14. The average molecular weight is 559 g/mol. The Labute approximate surface area is 225 Å². The Balaban J connectivity index is 1.17. The summed E-state index contributed by atoms with van der Waals surface area (Å²) in [6, 6.07) is 15.8. The number of hydrogen-bond acceptors (Lipinski definition) is 10. The van der Waals surface area contributed by atoms with Gasteiger partial charge < -0.3 is 21.1 Å². The lowest BCUT2D eigenvalue weighted by Gasteiger charge is -2.15. The first kappa shape index (κ1) is 25.9. The van der Waals surface area contributed by atoms with Crippen molar-refractivity contribution in [2.45, 2.75) is 32.9 Å². The molecule has 0 unspecified atom stereocenters. The van der Waals surface area contributed by atoms with Crippen LogP contribution in [0.2, 0.25) is 0 Å². The Bertz CT molecular complexity index is 1440. The third-order valence-corrected chi connectivity index (χ3v) is 7.86. The van der Waals surface area contributed by atoms with E-state index in [1.807, 2.05) is 32.0 Å². The normalized spacial score (nSPS) is 13.9. The smallest absolute Gasteiger partial charge is 0.363 e. The van der Waals surface area contributed by atoms with Crippen molar-refractivity contribution >= 4 is 60.6 Å². The van der Waals surface area contributed by atoms with E-state index < -0.39 is 11.2 Å². The number of anilines is 5. The number of rotatable bonds is 8. The van der Waals surface area contributed by atoms with Gasteiger partial charge in [-0.1, -0.05) is 11.3 Å². The van der Waals surface area contributed by atoms with Gasteiger partial charge in [-0.3, -0.25) is 0 Å². The van der Waals surface area contributed by atoms with Gasteiger partial charge in [0.2, 0.25) is 5.01 Å². The number of halogens is 3. The highest BCUT2D eigenvalue weighted by molar-refractivity contribution is 7.20. The van der Waals surface area contributed by atoms with Gasteiger partial charge in [-0.2, -0.15) is 13.2 Å². The van der Waals surface area contributed by atoms with Gasteiger partial charge in [-0.15, -0.1) is 31.8 Å². The third-order valence-electron chi connectivity index (χ3n) is 5.94. The fraction of sp³-hybridized carbons (Fsp3) is 0.280. The van der Waals surface area contributed by atoms with Gasteiger partial charge in [0.25, 0.3) is 5.13 Å². The van der Waals surface area contributed by atoms with Gasteiger partial charge in [0.15, 0.2) is 0 Å². The highest BCUT2D eigenvalue weighted by Gasteiger charge is 2.35. The van der Waals surface area contributed by atoms with Crippen LogP contribution >= 0.6 is 22.7 Å². The summed E-state index contributed by atoms with van der Waals surface area (Å²) in [5.41, 5.74) is 11.5. The van der Waals surface area contributed by atoms with Crippen LogP contribution in [0.5, 0.6) is 0 Å². The summed E-state index contributed by atoms with van der Waals surface area (Å²) < 4.78 is 38.0. The van der Waals surface area contributed by atoms with Crippen LogP contribution in [-0.4, -0.2) is 23.3 Å². The topological polar surface area (TPSA) is 89.8 Å². The highest BCUT2D eigenvalue weighted by Crippen LogP contribution is 2.36. The summed E-state index contributed by atoms with van der Waals surface area (Å²) in [5, 5.41) is 19.1. The maximum atomic E-state index is 12.7. The number of hydrazine groups is 1. The summed E-state index contributed by atoms with van der Waals surface area (Å²) >= 11 is 2.12. The molecule has 0 saturated carbocycles. The highest BCUT2D eigenvalue weighted by atomic mass is 32.1. The largest absolute Gasteiger partial charge is 0.445 e. The molecule has 2 aromatic carbocycles. The van der Waals surface area contributed by atoms with E-state index in [9.17, 15) is 13.2 Å². The first-order valence-corrected chi connectivity index (χ1v) is 13.6. The molecule has 4 aromatic rings. The van der Waals surface area contributed by atoms with E-state index in [0.29, 0.717) is 17.0 Å². The van der Waals surface area contributed by atoms with Crippen LogP contribution in [0.15, 0.2) is 58.8 Å². The van der Waals surface area contributed by atoms with Crippen LogP contribution in [0, 0.1) is 13.8 Å². The molecule has 0 atom stereocenters. The van der Waals surface area contributed by atoms with Crippen LogP contribution in [0.3, 0.4) is 0 Å². The van der Waals surface area contributed by atoms with E-state index in [-0.39, 0.29) is 5.13 Å². The second-order valence-electron chi connectivity index (χ2n) is 8.83. The molecule has 3 N–H and O–H groups in total. The first-order valence-electron chi connectivity index (χ1n) is 11.9. The van der Waals surface area contributed by atoms with Crippen LogP contribution < -0.4 is 21.1 Å². The predicted octanol–water partition coefficient (Wildman–Crippen LogP) is 8.43. The number of nitrogens with zero attached hydrogens (tertiary/aromatic N) is 5. The Kier molecular flexibility index (Phi) is 7.47. The SMILES string of the molecule is Cc1cc(NNc2ccc(Nc3ccc(N4CCCC4)s3)cc2C)ccc1N=Nc1nnc(C(F)(F)F)s1. The molecule has 1 aliphatic heterocycles. The van der Waals surface area contributed by atoms with Crippen molar-refractivity contribution in [2.75, 3.05) is 34.2 Å².